The second-order valence-corrected chi connectivity index (χ2v) is 10.4. The maximum atomic E-state index is 12.8. The van der Waals surface area contributed by atoms with Gasteiger partial charge in [-0.3, -0.25) is 4.99 Å². The Bertz CT molecular complexity index is 737. The number of guanidine groups is 1. The molecule has 0 aromatic carbocycles. The maximum absolute atomic E-state index is 12.8. The fraction of sp³-hybridized carbons (Fsp3) is 0.773. The van der Waals surface area contributed by atoms with Crippen molar-refractivity contribution in [3.8, 4) is 0 Å². The van der Waals surface area contributed by atoms with Crippen LogP contribution < -0.4 is 5.32 Å². The van der Waals surface area contributed by atoms with Crippen LogP contribution in [0.25, 0.3) is 0 Å². The van der Waals surface area contributed by atoms with Crippen molar-refractivity contribution in [2.45, 2.75) is 71.4 Å². The summed E-state index contributed by atoms with van der Waals surface area (Å²) in [5.41, 5.74) is 0.675. The van der Waals surface area contributed by atoms with Crippen LogP contribution in [0, 0.1) is 12.8 Å². The standard InChI is InChI=1S/C22H37N5O2S.HI/c1-16-25-18(15-30-16)8-11-24-20(23-5)26-12-9-19(10-13-26)27(14-17-6-7-17)21(28)29-22(2,3)4;/h15,17,19H,6-14H2,1-5H3,(H,23,24);1H. The number of carbonyl (C=O) groups is 1. The number of carbonyl (C=O) groups excluding carboxylic acids is 1. The van der Waals surface area contributed by atoms with Gasteiger partial charge < -0.3 is 19.9 Å². The molecular formula is C22H38IN5O2S. The van der Waals surface area contributed by atoms with Crippen molar-refractivity contribution in [2.24, 2.45) is 10.9 Å². The number of piperidine rings is 1. The highest BCUT2D eigenvalue weighted by atomic mass is 127. The van der Waals surface area contributed by atoms with E-state index in [1.54, 1.807) is 11.3 Å². The van der Waals surface area contributed by atoms with Crippen LogP contribution in [0.2, 0.25) is 0 Å². The first-order valence-electron chi connectivity index (χ1n) is 11.1. The molecule has 1 saturated carbocycles. The first-order chi connectivity index (χ1) is 14.2. The Kier molecular flexibility index (Phi) is 9.85. The van der Waals surface area contributed by atoms with Gasteiger partial charge in [-0.2, -0.15) is 0 Å². The highest BCUT2D eigenvalue weighted by molar-refractivity contribution is 14.0. The molecule has 3 rings (SSSR count). The first-order valence-corrected chi connectivity index (χ1v) is 12.0. The van der Waals surface area contributed by atoms with E-state index >= 15 is 0 Å². The minimum absolute atomic E-state index is 0. The van der Waals surface area contributed by atoms with Gasteiger partial charge in [-0.25, -0.2) is 9.78 Å². The molecule has 7 nitrogen and oxygen atoms in total. The molecule has 9 heteroatoms. The summed E-state index contributed by atoms with van der Waals surface area (Å²) in [5.74, 6) is 1.59. The van der Waals surface area contributed by atoms with Crippen molar-refractivity contribution in [1.82, 2.24) is 20.1 Å². The number of nitrogens with one attached hydrogen (secondary N) is 1. The first kappa shape index (κ1) is 26.2. The van der Waals surface area contributed by atoms with E-state index < -0.39 is 5.60 Å². The van der Waals surface area contributed by atoms with Gasteiger partial charge in [0.05, 0.1) is 10.7 Å². The second kappa shape index (κ2) is 11.7. The van der Waals surface area contributed by atoms with Crippen LogP contribution in [0.4, 0.5) is 4.79 Å². The Hall–Kier alpha value is -1.10. The summed E-state index contributed by atoms with van der Waals surface area (Å²) >= 11 is 1.69. The topological polar surface area (TPSA) is 70.1 Å². The smallest absolute Gasteiger partial charge is 0.410 e. The number of nitrogens with zero attached hydrogens (tertiary/aromatic N) is 4. The Morgan fingerprint density at radius 1 is 1.32 bits per heavy atom. The zero-order valence-corrected chi connectivity index (χ0v) is 22.7. The lowest BCUT2D eigenvalue weighted by molar-refractivity contribution is 0.00929. The molecule has 0 spiro atoms. The third-order valence-electron chi connectivity index (χ3n) is 5.53. The lowest BCUT2D eigenvalue weighted by atomic mass is 10.0. The van der Waals surface area contributed by atoms with Gasteiger partial charge in [0.25, 0.3) is 0 Å². The number of amides is 1. The fourth-order valence-corrected chi connectivity index (χ4v) is 4.47. The van der Waals surface area contributed by atoms with Crippen LogP contribution in [-0.4, -0.2) is 71.7 Å². The molecule has 31 heavy (non-hydrogen) atoms. The monoisotopic (exact) mass is 563 g/mol. The Balaban J connectivity index is 0.00000341. The Morgan fingerprint density at radius 2 is 2.00 bits per heavy atom. The lowest BCUT2D eigenvalue weighted by Gasteiger charge is -2.40. The normalized spacial score (nSPS) is 17.8. The largest absolute Gasteiger partial charge is 0.444 e. The van der Waals surface area contributed by atoms with Gasteiger partial charge in [0.2, 0.25) is 0 Å². The molecule has 2 heterocycles. The third kappa shape index (κ3) is 8.40. The summed E-state index contributed by atoms with van der Waals surface area (Å²) < 4.78 is 5.71. The zero-order valence-electron chi connectivity index (χ0n) is 19.5. The van der Waals surface area contributed by atoms with Gasteiger partial charge >= 0.3 is 6.09 Å². The minimum Gasteiger partial charge on any atom is -0.444 e. The van der Waals surface area contributed by atoms with Crippen molar-refractivity contribution in [2.75, 3.05) is 33.2 Å². The van der Waals surface area contributed by atoms with E-state index in [0.717, 1.165) is 62.1 Å². The molecule has 176 valence electrons. The van der Waals surface area contributed by atoms with E-state index in [4.69, 9.17) is 4.74 Å². The van der Waals surface area contributed by atoms with Crippen LogP contribution in [0.15, 0.2) is 10.4 Å². The van der Waals surface area contributed by atoms with Gasteiger partial charge in [0, 0.05) is 51.1 Å². The average Bonchev–Trinajstić information content (AvgIpc) is 3.42. The van der Waals surface area contributed by atoms with Gasteiger partial charge in [0.15, 0.2) is 5.96 Å². The summed E-state index contributed by atoms with van der Waals surface area (Å²) in [5, 5.41) is 6.70. The number of aryl methyl sites for hydroxylation is 1. The van der Waals surface area contributed by atoms with Crippen molar-refractivity contribution in [3.63, 3.8) is 0 Å². The summed E-state index contributed by atoms with van der Waals surface area (Å²) in [4.78, 5) is 26.1. The molecule has 2 aliphatic rings. The third-order valence-corrected chi connectivity index (χ3v) is 6.35. The number of halogens is 1. The predicted octanol–water partition coefficient (Wildman–Crippen LogP) is 4.30. The molecule has 2 fully saturated rings. The van der Waals surface area contributed by atoms with Crippen LogP contribution >= 0.6 is 35.3 Å². The molecule has 0 atom stereocenters. The van der Waals surface area contributed by atoms with Crippen molar-refractivity contribution in [3.05, 3.63) is 16.1 Å². The van der Waals surface area contributed by atoms with E-state index in [2.05, 4.69) is 25.6 Å². The van der Waals surface area contributed by atoms with E-state index in [1.807, 2.05) is 39.6 Å². The lowest BCUT2D eigenvalue weighted by Crippen LogP contribution is -2.52. The van der Waals surface area contributed by atoms with Crippen molar-refractivity contribution in [1.29, 1.82) is 0 Å². The molecular weight excluding hydrogens is 525 g/mol. The highest BCUT2D eigenvalue weighted by Crippen LogP contribution is 2.32. The number of ether oxygens (including phenoxy) is 1. The summed E-state index contributed by atoms with van der Waals surface area (Å²) in [6.07, 6.45) is 5.08. The SMILES string of the molecule is CN=C(NCCc1csc(C)n1)N1CCC(N(CC2CC2)C(=O)OC(C)(C)C)CC1.I. The summed E-state index contributed by atoms with van der Waals surface area (Å²) in [6, 6.07) is 0.243. The molecule has 1 aliphatic carbocycles. The number of likely N-dealkylation sites (tertiary alicyclic amines) is 1. The average molecular weight is 564 g/mol. The van der Waals surface area contributed by atoms with Crippen LogP contribution in [-0.2, 0) is 11.2 Å². The molecule has 1 aromatic rings. The maximum Gasteiger partial charge on any atom is 0.410 e. The molecule has 0 bridgehead atoms. The summed E-state index contributed by atoms with van der Waals surface area (Å²) in [6.45, 7) is 11.3. The summed E-state index contributed by atoms with van der Waals surface area (Å²) in [7, 11) is 1.83. The molecule has 0 radical (unpaired) electrons. The quantitative estimate of drug-likeness (QED) is 0.318. The van der Waals surface area contributed by atoms with Crippen LogP contribution in [0.1, 0.15) is 57.2 Å². The predicted molar refractivity (Wildman–Crippen MR) is 138 cm³/mol. The number of aliphatic imine (C=N–C) groups is 1. The number of hydrogen-bond acceptors (Lipinski definition) is 5. The molecule has 1 aromatic heterocycles. The number of aromatic nitrogens is 1. The van der Waals surface area contributed by atoms with Crippen molar-refractivity contribution < 1.29 is 9.53 Å². The van der Waals surface area contributed by atoms with E-state index in [0.29, 0.717) is 5.92 Å². The highest BCUT2D eigenvalue weighted by Gasteiger charge is 2.35. The molecule has 1 N–H and O–H groups in total. The molecule has 1 saturated heterocycles. The van der Waals surface area contributed by atoms with Gasteiger partial charge in [-0.15, -0.1) is 35.3 Å². The second-order valence-electron chi connectivity index (χ2n) is 9.38. The number of thiazole rings is 1. The fourth-order valence-electron chi connectivity index (χ4n) is 3.82. The zero-order chi connectivity index (χ0) is 21.7. The van der Waals surface area contributed by atoms with Crippen LogP contribution in [0.5, 0.6) is 0 Å². The number of hydrogen-bond donors (Lipinski definition) is 1. The van der Waals surface area contributed by atoms with Crippen molar-refractivity contribution >= 4 is 47.4 Å². The van der Waals surface area contributed by atoms with E-state index in [1.165, 1.54) is 12.8 Å². The van der Waals surface area contributed by atoms with E-state index in [9.17, 15) is 4.79 Å². The molecule has 1 amide bonds. The van der Waals surface area contributed by atoms with Gasteiger partial charge in [-0.1, -0.05) is 0 Å². The Morgan fingerprint density at radius 3 is 2.52 bits per heavy atom. The molecule has 0 unspecified atom stereocenters. The van der Waals surface area contributed by atoms with Crippen LogP contribution in [0.3, 0.4) is 0 Å². The Labute approximate surface area is 208 Å². The number of rotatable bonds is 6. The van der Waals surface area contributed by atoms with Gasteiger partial charge in [-0.05, 0) is 59.3 Å². The van der Waals surface area contributed by atoms with E-state index in [-0.39, 0.29) is 36.1 Å². The van der Waals surface area contributed by atoms with Gasteiger partial charge in [0.1, 0.15) is 5.60 Å². The minimum atomic E-state index is -0.457. The molecule has 1 aliphatic heterocycles.